The van der Waals surface area contributed by atoms with Crippen molar-refractivity contribution in [2.24, 2.45) is 0 Å². The number of hydrogen-bond donors (Lipinski definition) is 1. The number of ether oxygens (including phenoxy) is 1. The molecule has 0 saturated carbocycles. The molecule has 0 spiro atoms. The number of terminal acetylenes is 1. The van der Waals surface area contributed by atoms with E-state index >= 15 is 0 Å². The van der Waals surface area contributed by atoms with E-state index in [9.17, 15) is 4.79 Å². The van der Waals surface area contributed by atoms with Crippen LogP contribution in [0.1, 0.15) is 17.4 Å². The first-order valence-electron chi connectivity index (χ1n) is 6.63. The van der Waals surface area contributed by atoms with E-state index in [0.29, 0.717) is 12.2 Å². The Balaban J connectivity index is 2.32. The van der Waals surface area contributed by atoms with E-state index in [2.05, 4.69) is 16.3 Å². The minimum absolute atomic E-state index is 0.190. The van der Waals surface area contributed by atoms with Gasteiger partial charge in [0.15, 0.2) is 5.69 Å². The Morgan fingerprint density at radius 1 is 1.43 bits per heavy atom. The van der Waals surface area contributed by atoms with Gasteiger partial charge in [-0.3, -0.25) is 9.48 Å². The number of rotatable bonds is 5. The third-order valence-electron chi connectivity index (χ3n) is 3.05. The molecule has 0 fully saturated rings. The van der Waals surface area contributed by atoms with Crippen molar-refractivity contribution in [1.82, 2.24) is 15.1 Å². The third-order valence-corrected chi connectivity index (χ3v) is 3.05. The van der Waals surface area contributed by atoms with Crippen molar-refractivity contribution in [3.05, 3.63) is 36.0 Å². The van der Waals surface area contributed by atoms with E-state index in [-0.39, 0.29) is 12.5 Å². The highest BCUT2D eigenvalue weighted by Crippen LogP contribution is 2.23. The second-order valence-electron chi connectivity index (χ2n) is 4.35. The van der Waals surface area contributed by atoms with Gasteiger partial charge in [0, 0.05) is 12.1 Å². The Bertz CT molecular complexity index is 666. The maximum atomic E-state index is 11.9. The van der Waals surface area contributed by atoms with Crippen molar-refractivity contribution in [3.63, 3.8) is 0 Å². The molecule has 0 aliphatic heterocycles. The highest BCUT2D eigenvalue weighted by atomic mass is 16.5. The number of nitrogens with zero attached hydrogens (tertiary/aromatic N) is 2. The molecule has 0 atom stereocenters. The fraction of sp³-hybridized carbons (Fsp3) is 0.250. The van der Waals surface area contributed by atoms with Gasteiger partial charge in [-0.15, -0.1) is 6.42 Å². The smallest absolute Gasteiger partial charge is 0.272 e. The van der Waals surface area contributed by atoms with Crippen LogP contribution in [0.5, 0.6) is 5.75 Å². The summed E-state index contributed by atoms with van der Waals surface area (Å²) in [7, 11) is 1.62. The Kier molecular flexibility index (Phi) is 4.62. The van der Waals surface area contributed by atoms with Crippen LogP contribution in [-0.4, -0.2) is 29.3 Å². The summed E-state index contributed by atoms with van der Waals surface area (Å²) in [5, 5.41) is 6.92. The Labute approximate surface area is 123 Å². The van der Waals surface area contributed by atoms with E-state index < -0.39 is 0 Å². The zero-order valence-corrected chi connectivity index (χ0v) is 12.1. The monoisotopic (exact) mass is 283 g/mol. The van der Waals surface area contributed by atoms with Gasteiger partial charge in [0.05, 0.1) is 19.3 Å². The van der Waals surface area contributed by atoms with Gasteiger partial charge in [-0.05, 0) is 37.3 Å². The molecule has 1 aromatic carbocycles. The molecular formula is C16H17N3O2. The average Bonchev–Trinajstić information content (AvgIpc) is 2.97. The van der Waals surface area contributed by atoms with Gasteiger partial charge in [-0.2, -0.15) is 5.10 Å². The molecule has 2 rings (SSSR count). The van der Waals surface area contributed by atoms with Gasteiger partial charge < -0.3 is 10.1 Å². The molecule has 21 heavy (non-hydrogen) atoms. The lowest BCUT2D eigenvalue weighted by Crippen LogP contribution is -2.24. The lowest BCUT2D eigenvalue weighted by atomic mass is 10.1. The van der Waals surface area contributed by atoms with Crippen LogP contribution < -0.4 is 10.1 Å². The molecule has 0 aliphatic rings. The summed E-state index contributed by atoms with van der Waals surface area (Å²) in [5.41, 5.74) is 2.21. The molecule has 1 heterocycles. The topological polar surface area (TPSA) is 56.1 Å². The molecule has 5 nitrogen and oxygen atoms in total. The third kappa shape index (κ3) is 3.23. The van der Waals surface area contributed by atoms with Crippen molar-refractivity contribution in [2.75, 3.05) is 13.7 Å². The molecule has 5 heteroatoms. The first kappa shape index (κ1) is 14.7. The van der Waals surface area contributed by atoms with Gasteiger partial charge in [0.25, 0.3) is 5.91 Å². The standard InChI is InChI=1S/C16H17N3O2/c1-4-10-17-16(20)14-11-15(19(5-2)18-14)12-6-8-13(21-3)9-7-12/h1,6-9,11H,5,10H2,2-3H3,(H,17,20). The molecule has 0 radical (unpaired) electrons. The molecule has 0 saturated heterocycles. The fourth-order valence-corrected chi connectivity index (χ4v) is 1.98. The summed E-state index contributed by atoms with van der Waals surface area (Å²) in [6.07, 6.45) is 5.13. The maximum Gasteiger partial charge on any atom is 0.272 e. The highest BCUT2D eigenvalue weighted by molar-refractivity contribution is 5.93. The summed E-state index contributed by atoms with van der Waals surface area (Å²) < 4.78 is 6.93. The van der Waals surface area contributed by atoms with Crippen molar-refractivity contribution in [3.8, 4) is 29.4 Å². The maximum absolute atomic E-state index is 11.9. The fourth-order valence-electron chi connectivity index (χ4n) is 1.98. The van der Waals surface area contributed by atoms with Crippen LogP contribution in [0.4, 0.5) is 0 Å². The van der Waals surface area contributed by atoms with Gasteiger partial charge in [0.2, 0.25) is 0 Å². The first-order valence-corrected chi connectivity index (χ1v) is 6.63. The van der Waals surface area contributed by atoms with E-state index in [4.69, 9.17) is 11.2 Å². The summed E-state index contributed by atoms with van der Waals surface area (Å²) >= 11 is 0. The van der Waals surface area contributed by atoms with E-state index in [0.717, 1.165) is 17.0 Å². The summed E-state index contributed by atoms with van der Waals surface area (Å²) in [5.74, 6) is 2.88. The van der Waals surface area contributed by atoms with Crippen LogP contribution in [0, 0.1) is 12.3 Å². The molecule has 2 aromatic rings. The summed E-state index contributed by atoms with van der Waals surface area (Å²) in [4.78, 5) is 11.9. The van der Waals surface area contributed by atoms with E-state index in [1.807, 2.05) is 31.2 Å². The minimum Gasteiger partial charge on any atom is -0.497 e. The normalized spacial score (nSPS) is 9.95. The van der Waals surface area contributed by atoms with Crippen LogP contribution in [0.25, 0.3) is 11.3 Å². The molecule has 108 valence electrons. The largest absolute Gasteiger partial charge is 0.497 e. The number of aromatic nitrogens is 2. The molecule has 1 N–H and O–H groups in total. The predicted molar refractivity (Wildman–Crippen MR) is 81.1 cm³/mol. The van der Waals surface area contributed by atoms with Crippen molar-refractivity contribution >= 4 is 5.91 Å². The van der Waals surface area contributed by atoms with Crippen LogP contribution in [-0.2, 0) is 6.54 Å². The zero-order valence-electron chi connectivity index (χ0n) is 12.1. The van der Waals surface area contributed by atoms with Crippen LogP contribution in [0.3, 0.4) is 0 Å². The number of hydrogen-bond acceptors (Lipinski definition) is 3. The minimum atomic E-state index is -0.269. The lowest BCUT2D eigenvalue weighted by Gasteiger charge is -2.05. The van der Waals surface area contributed by atoms with Crippen molar-refractivity contribution in [1.29, 1.82) is 0 Å². The van der Waals surface area contributed by atoms with E-state index in [1.54, 1.807) is 17.9 Å². The SMILES string of the molecule is C#CCNC(=O)c1cc(-c2ccc(OC)cc2)n(CC)n1. The molecular weight excluding hydrogens is 266 g/mol. The van der Waals surface area contributed by atoms with Crippen molar-refractivity contribution < 1.29 is 9.53 Å². The second-order valence-corrected chi connectivity index (χ2v) is 4.35. The first-order chi connectivity index (χ1) is 10.2. The molecule has 0 aliphatic carbocycles. The van der Waals surface area contributed by atoms with Gasteiger partial charge in [-0.1, -0.05) is 5.92 Å². The van der Waals surface area contributed by atoms with Crippen LogP contribution in [0.15, 0.2) is 30.3 Å². The van der Waals surface area contributed by atoms with E-state index in [1.165, 1.54) is 0 Å². The number of amides is 1. The Hall–Kier alpha value is -2.74. The summed E-state index contributed by atoms with van der Waals surface area (Å²) in [6.45, 7) is 2.84. The van der Waals surface area contributed by atoms with Gasteiger partial charge in [0.1, 0.15) is 5.75 Å². The zero-order chi connectivity index (χ0) is 15.2. The molecule has 0 unspecified atom stereocenters. The second kappa shape index (κ2) is 6.62. The molecule has 1 amide bonds. The Morgan fingerprint density at radius 2 is 2.14 bits per heavy atom. The average molecular weight is 283 g/mol. The highest BCUT2D eigenvalue weighted by Gasteiger charge is 2.14. The summed E-state index contributed by atoms with van der Waals surface area (Å²) in [6, 6.07) is 9.38. The number of carbonyl (C=O) groups excluding carboxylic acids is 1. The number of benzene rings is 1. The number of carbonyl (C=O) groups is 1. The van der Waals surface area contributed by atoms with Crippen molar-refractivity contribution in [2.45, 2.75) is 13.5 Å². The van der Waals surface area contributed by atoms with Crippen LogP contribution >= 0.6 is 0 Å². The quantitative estimate of drug-likeness (QED) is 0.853. The number of methoxy groups -OCH3 is 1. The van der Waals surface area contributed by atoms with Gasteiger partial charge >= 0.3 is 0 Å². The Morgan fingerprint density at radius 3 is 2.71 bits per heavy atom. The number of nitrogens with one attached hydrogen (secondary N) is 1. The predicted octanol–water partition coefficient (Wildman–Crippen LogP) is 1.94. The lowest BCUT2D eigenvalue weighted by molar-refractivity contribution is 0.0953. The van der Waals surface area contributed by atoms with Crippen LogP contribution in [0.2, 0.25) is 0 Å². The molecule has 1 aromatic heterocycles. The number of aryl methyl sites for hydroxylation is 1. The van der Waals surface area contributed by atoms with Gasteiger partial charge in [-0.25, -0.2) is 0 Å². The molecule has 0 bridgehead atoms.